The summed E-state index contributed by atoms with van der Waals surface area (Å²) in [6.07, 6.45) is 2.00. The molecule has 0 rings (SSSR count). The van der Waals surface area contributed by atoms with E-state index in [9.17, 15) is 9.90 Å². The molecule has 0 aliphatic rings. The van der Waals surface area contributed by atoms with E-state index in [1.165, 1.54) is 0 Å². The van der Waals surface area contributed by atoms with Crippen LogP contribution in [0.15, 0.2) is 0 Å². The summed E-state index contributed by atoms with van der Waals surface area (Å²) >= 11 is 0. The molecule has 0 radical (unpaired) electrons. The summed E-state index contributed by atoms with van der Waals surface area (Å²) in [5.74, 6) is -0.291. The van der Waals surface area contributed by atoms with E-state index in [0.717, 1.165) is 6.42 Å². The van der Waals surface area contributed by atoms with E-state index in [4.69, 9.17) is 5.11 Å². The maximum Gasteiger partial charge on any atom is 0.303 e. The van der Waals surface area contributed by atoms with Crippen molar-refractivity contribution in [1.82, 2.24) is 0 Å². The van der Waals surface area contributed by atoms with E-state index in [0.29, 0.717) is 18.8 Å². The van der Waals surface area contributed by atoms with Gasteiger partial charge in [-0.3, -0.25) is 4.79 Å². The lowest BCUT2D eigenvalue weighted by atomic mass is 9.91. The summed E-state index contributed by atoms with van der Waals surface area (Å²) < 4.78 is 0. The second-order valence-electron chi connectivity index (χ2n) is 4.32. The van der Waals surface area contributed by atoms with Crippen LogP contribution < -0.4 is 0 Å². The molecule has 0 amide bonds. The van der Waals surface area contributed by atoms with Crippen LogP contribution in [0.1, 0.15) is 46.5 Å². The molecule has 0 saturated heterocycles. The van der Waals surface area contributed by atoms with Gasteiger partial charge >= 0.3 is 5.97 Å². The summed E-state index contributed by atoms with van der Waals surface area (Å²) in [6, 6.07) is 0. The first-order valence-corrected chi connectivity index (χ1v) is 4.77. The second-order valence-corrected chi connectivity index (χ2v) is 4.32. The molecule has 3 nitrogen and oxygen atoms in total. The number of carboxylic acid groups (broad SMARTS) is 1. The zero-order valence-corrected chi connectivity index (χ0v) is 8.71. The SMILES string of the molecule is CC(C)CCC(C)(O)CCC(=O)O. The second kappa shape index (κ2) is 5.22. The Morgan fingerprint density at radius 1 is 1.38 bits per heavy atom. The first-order valence-electron chi connectivity index (χ1n) is 4.77. The Balaban J connectivity index is 3.72. The number of hydrogen-bond donors (Lipinski definition) is 2. The van der Waals surface area contributed by atoms with Crippen molar-refractivity contribution in [2.24, 2.45) is 5.92 Å². The molecule has 0 aliphatic carbocycles. The van der Waals surface area contributed by atoms with Crippen molar-refractivity contribution >= 4 is 5.97 Å². The Morgan fingerprint density at radius 3 is 2.31 bits per heavy atom. The quantitative estimate of drug-likeness (QED) is 0.670. The van der Waals surface area contributed by atoms with Crippen LogP contribution in [0.25, 0.3) is 0 Å². The van der Waals surface area contributed by atoms with Crippen LogP contribution in [0.5, 0.6) is 0 Å². The highest BCUT2D eigenvalue weighted by Gasteiger charge is 2.21. The van der Waals surface area contributed by atoms with Crippen molar-refractivity contribution in [3.05, 3.63) is 0 Å². The van der Waals surface area contributed by atoms with Gasteiger partial charge < -0.3 is 10.2 Å². The van der Waals surface area contributed by atoms with Crippen LogP contribution in [0.2, 0.25) is 0 Å². The average Bonchev–Trinajstić information content (AvgIpc) is 1.98. The zero-order valence-electron chi connectivity index (χ0n) is 8.71. The molecule has 13 heavy (non-hydrogen) atoms. The maximum absolute atomic E-state index is 10.3. The van der Waals surface area contributed by atoms with Gasteiger partial charge in [0.15, 0.2) is 0 Å². The van der Waals surface area contributed by atoms with Gasteiger partial charge in [-0.05, 0) is 32.1 Å². The molecule has 0 bridgehead atoms. The van der Waals surface area contributed by atoms with Crippen LogP contribution in [0, 0.1) is 5.92 Å². The molecule has 1 unspecified atom stereocenters. The molecule has 2 N–H and O–H groups in total. The van der Waals surface area contributed by atoms with Gasteiger partial charge in [-0.1, -0.05) is 13.8 Å². The topological polar surface area (TPSA) is 57.5 Å². The molecule has 1 atom stereocenters. The van der Waals surface area contributed by atoms with Crippen molar-refractivity contribution in [1.29, 1.82) is 0 Å². The molecule has 0 spiro atoms. The molecule has 0 fully saturated rings. The van der Waals surface area contributed by atoms with Crippen LogP contribution >= 0.6 is 0 Å². The molecule has 0 aromatic rings. The van der Waals surface area contributed by atoms with Gasteiger partial charge in [-0.2, -0.15) is 0 Å². The van der Waals surface area contributed by atoms with E-state index < -0.39 is 11.6 Å². The maximum atomic E-state index is 10.3. The largest absolute Gasteiger partial charge is 0.481 e. The summed E-state index contributed by atoms with van der Waals surface area (Å²) in [5.41, 5.74) is -0.817. The van der Waals surface area contributed by atoms with E-state index in [-0.39, 0.29) is 6.42 Å². The van der Waals surface area contributed by atoms with Crippen molar-refractivity contribution in [3.8, 4) is 0 Å². The molecular formula is C10H20O3. The van der Waals surface area contributed by atoms with Gasteiger partial charge in [0, 0.05) is 6.42 Å². The fourth-order valence-corrected chi connectivity index (χ4v) is 1.10. The Kier molecular flexibility index (Phi) is 4.99. The molecule has 0 aliphatic heterocycles. The molecule has 0 aromatic heterocycles. The number of hydrogen-bond acceptors (Lipinski definition) is 2. The van der Waals surface area contributed by atoms with Gasteiger partial charge in [-0.25, -0.2) is 0 Å². The Morgan fingerprint density at radius 2 is 1.92 bits per heavy atom. The van der Waals surface area contributed by atoms with E-state index in [2.05, 4.69) is 13.8 Å². The van der Waals surface area contributed by atoms with Crippen molar-refractivity contribution < 1.29 is 15.0 Å². The third-order valence-corrected chi connectivity index (χ3v) is 2.14. The molecular weight excluding hydrogens is 168 g/mol. The number of carboxylic acids is 1. The summed E-state index contributed by atoms with van der Waals surface area (Å²) in [4.78, 5) is 10.3. The third-order valence-electron chi connectivity index (χ3n) is 2.14. The van der Waals surface area contributed by atoms with E-state index in [1.807, 2.05) is 0 Å². The molecule has 0 heterocycles. The monoisotopic (exact) mass is 188 g/mol. The predicted molar refractivity (Wildman–Crippen MR) is 51.6 cm³/mol. The third kappa shape index (κ3) is 7.78. The normalized spacial score (nSPS) is 15.8. The lowest BCUT2D eigenvalue weighted by Gasteiger charge is -2.23. The van der Waals surface area contributed by atoms with Crippen LogP contribution in [-0.4, -0.2) is 21.8 Å². The first kappa shape index (κ1) is 12.4. The van der Waals surface area contributed by atoms with Crippen LogP contribution in [0.3, 0.4) is 0 Å². The fourth-order valence-electron chi connectivity index (χ4n) is 1.10. The Hall–Kier alpha value is -0.570. The van der Waals surface area contributed by atoms with Crippen molar-refractivity contribution in [2.45, 2.75) is 52.1 Å². The highest BCUT2D eigenvalue weighted by Crippen LogP contribution is 2.21. The lowest BCUT2D eigenvalue weighted by Crippen LogP contribution is -2.25. The number of aliphatic carboxylic acids is 1. The van der Waals surface area contributed by atoms with Gasteiger partial charge in [0.25, 0.3) is 0 Å². The zero-order chi connectivity index (χ0) is 10.5. The minimum atomic E-state index is -0.843. The highest BCUT2D eigenvalue weighted by molar-refractivity contribution is 5.66. The Labute approximate surface area is 79.8 Å². The van der Waals surface area contributed by atoms with Crippen molar-refractivity contribution in [2.75, 3.05) is 0 Å². The van der Waals surface area contributed by atoms with Gasteiger partial charge in [0.05, 0.1) is 5.60 Å². The average molecular weight is 188 g/mol. The molecule has 3 heteroatoms. The van der Waals surface area contributed by atoms with Crippen LogP contribution in [0.4, 0.5) is 0 Å². The predicted octanol–water partition coefficient (Wildman–Crippen LogP) is 2.04. The minimum Gasteiger partial charge on any atom is -0.481 e. The van der Waals surface area contributed by atoms with Gasteiger partial charge in [0.2, 0.25) is 0 Å². The van der Waals surface area contributed by atoms with E-state index in [1.54, 1.807) is 6.92 Å². The Bertz CT molecular complexity index is 162. The summed E-state index contributed by atoms with van der Waals surface area (Å²) in [7, 11) is 0. The number of rotatable bonds is 6. The summed E-state index contributed by atoms with van der Waals surface area (Å²) in [5, 5.41) is 18.2. The smallest absolute Gasteiger partial charge is 0.303 e. The molecule has 78 valence electrons. The van der Waals surface area contributed by atoms with Crippen LogP contribution in [-0.2, 0) is 4.79 Å². The molecule has 0 aromatic carbocycles. The lowest BCUT2D eigenvalue weighted by molar-refractivity contribution is -0.138. The standard InChI is InChI=1S/C10H20O3/c1-8(2)4-6-10(3,13)7-5-9(11)12/h8,13H,4-7H2,1-3H3,(H,11,12). The van der Waals surface area contributed by atoms with E-state index >= 15 is 0 Å². The van der Waals surface area contributed by atoms with Crippen molar-refractivity contribution in [3.63, 3.8) is 0 Å². The minimum absolute atomic E-state index is 0.0467. The fraction of sp³-hybridized carbons (Fsp3) is 0.900. The summed E-state index contributed by atoms with van der Waals surface area (Å²) in [6.45, 7) is 5.89. The number of carbonyl (C=O) groups is 1. The van der Waals surface area contributed by atoms with Gasteiger partial charge in [0.1, 0.15) is 0 Å². The first-order chi connectivity index (χ1) is 5.83. The number of aliphatic hydroxyl groups is 1. The highest BCUT2D eigenvalue weighted by atomic mass is 16.4. The van der Waals surface area contributed by atoms with Gasteiger partial charge in [-0.15, -0.1) is 0 Å². The molecule has 0 saturated carbocycles.